The third kappa shape index (κ3) is 6.87. The molecule has 4 rings (SSSR count). The van der Waals surface area contributed by atoms with E-state index in [1.165, 1.54) is 0 Å². The van der Waals surface area contributed by atoms with Gasteiger partial charge in [-0.1, -0.05) is 24.3 Å². The molecular weight excluding hydrogens is 516 g/mol. The number of anilines is 2. The Bertz CT molecular complexity index is 1130. The summed E-state index contributed by atoms with van der Waals surface area (Å²) in [5, 5.41) is 31.4. The first-order valence-corrected chi connectivity index (χ1v) is 14.6. The number of rotatable bonds is 6. The molecule has 0 unspecified atom stereocenters. The molecule has 6 N–H and O–H groups in total. The van der Waals surface area contributed by atoms with Crippen LogP contribution in [0.3, 0.4) is 0 Å². The van der Waals surface area contributed by atoms with Crippen LogP contribution in [0.25, 0.3) is 0 Å². The van der Waals surface area contributed by atoms with Crippen molar-refractivity contribution in [3.8, 4) is 0 Å². The Morgan fingerprint density at radius 2 is 0.878 bits per heavy atom. The number of carboxylic acid groups (broad SMARTS) is 2. The first-order chi connectivity index (χ1) is 18.8. The van der Waals surface area contributed by atoms with Gasteiger partial charge in [0.1, 0.15) is 0 Å². The molecule has 8 heteroatoms. The van der Waals surface area contributed by atoms with Gasteiger partial charge in [0.05, 0.1) is 0 Å². The lowest BCUT2D eigenvalue weighted by atomic mass is 9.50. The van der Waals surface area contributed by atoms with Gasteiger partial charge in [0.15, 0.2) is 0 Å². The summed E-state index contributed by atoms with van der Waals surface area (Å²) in [4.78, 5) is 22.8. The summed E-state index contributed by atoms with van der Waals surface area (Å²) in [6.45, 7) is 18.2. The summed E-state index contributed by atoms with van der Waals surface area (Å²) in [6.07, 6.45) is 1.62. The number of hydrogen-bond donors (Lipinski definition) is 6. The Labute approximate surface area is 244 Å². The lowest BCUT2D eigenvalue weighted by molar-refractivity contribution is 0.0199. The molecule has 2 heterocycles. The summed E-state index contributed by atoms with van der Waals surface area (Å²) in [5.41, 5.74) is 2.54. The van der Waals surface area contributed by atoms with Gasteiger partial charge in [0, 0.05) is 38.9 Å². The summed E-state index contributed by atoms with van der Waals surface area (Å²) >= 11 is 0. The number of benzene rings is 2. The number of piperidine rings is 2. The highest BCUT2D eigenvalue weighted by Gasteiger charge is 2.56. The van der Waals surface area contributed by atoms with Crippen molar-refractivity contribution in [3.05, 3.63) is 59.7 Å². The molecule has 0 aromatic heterocycles. The zero-order valence-corrected chi connectivity index (χ0v) is 25.8. The third-order valence-corrected chi connectivity index (χ3v) is 8.90. The quantitative estimate of drug-likeness (QED) is 0.219. The van der Waals surface area contributed by atoms with Crippen LogP contribution in [0.1, 0.15) is 92.2 Å². The highest BCUT2D eigenvalue weighted by atomic mass is 16.4. The van der Waals surface area contributed by atoms with Crippen molar-refractivity contribution in [1.82, 2.24) is 10.6 Å². The standard InChI is InChI=1S/C33H48N4O4/c1-29(2)17-23(18-30(3,4)36-29)33(21-9-13-25(14-10-21)34-27(38)39,22-11-15-26(16-12-22)35-28(40)41)24-19-31(5,6)37-32(7,8)20-24/h9-16,23-24,34-37H,17-20H2,1-8H3,(H,38,39)(H,40,41). The Hall–Kier alpha value is -3.10. The van der Waals surface area contributed by atoms with E-state index in [0.29, 0.717) is 11.4 Å². The lowest BCUT2D eigenvalue weighted by Crippen LogP contribution is -2.65. The Morgan fingerprint density at radius 1 is 0.610 bits per heavy atom. The lowest BCUT2D eigenvalue weighted by Gasteiger charge is -2.59. The zero-order valence-electron chi connectivity index (χ0n) is 25.8. The van der Waals surface area contributed by atoms with E-state index < -0.39 is 17.6 Å². The van der Waals surface area contributed by atoms with Crippen LogP contribution < -0.4 is 21.3 Å². The minimum absolute atomic E-state index is 0.106. The predicted octanol–water partition coefficient (Wildman–Crippen LogP) is 7.27. The van der Waals surface area contributed by atoms with Gasteiger partial charge in [-0.05, 0) is 128 Å². The van der Waals surface area contributed by atoms with Crippen LogP contribution in [-0.4, -0.2) is 44.6 Å². The van der Waals surface area contributed by atoms with Gasteiger partial charge in [-0.15, -0.1) is 0 Å². The van der Waals surface area contributed by atoms with Crippen LogP contribution in [0, 0.1) is 11.8 Å². The maximum Gasteiger partial charge on any atom is 0.409 e. The molecule has 0 atom stereocenters. The van der Waals surface area contributed by atoms with E-state index in [0.717, 1.165) is 36.8 Å². The summed E-state index contributed by atoms with van der Waals surface area (Å²) in [6, 6.07) is 15.9. The molecule has 41 heavy (non-hydrogen) atoms. The minimum atomic E-state index is -1.09. The minimum Gasteiger partial charge on any atom is -0.465 e. The largest absolute Gasteiger partial charge is 0.465 e. The first-order valence-electron chi connectivity index (χ1n) is 14.6. The summed E-state index contributed by atoms with van der Waals surface area (Å²) in [5.74, 6) is 0.500. The predicted molar refractivity (Wildman–Crippen MR) is 165 cm³/mol. The highest BCUT2D eigenvalue weighted by molar-refractivity contribution is 5.83. The summed E-state index contributed by atoms with van der Waals surface area (Å²) in [7, 11) is 0. The van der Waals surface area contributed by atoms with E-state index in [4.69, 9.17) is 0 Å². The molecule has 0 saturated carbocycles. The number of carbonyl (C=O) groups is 2. The molecule has 0 aliphatic carbocycles. The zero-order chi connectivity index (χ0) is 30.4. The fourth-order valence-electron chi connectivity index (χ4n) is 8.64. The van der Waals surface area contributed by atoms with Crippen molar-refractivity contribution in [2.45, 2.75) is 109 Å². The molecule has 224 valence electrons. The van der Waals surface area contributed by atoms with Crippen LogP contribution in [0.4, 0.5) is 21.0 Å². The molecule has 0 spiro atoms. The van der Waals surface area contributed by atoms with Crippen LogP contribution in [0.15, 0.2) is 48.5 Å². The maximum atomic E-state index is 11.4. The monoisotopic (exact) mass is 564 g/mol. The van der Waals surface area contributed by atoms with Crippen molar-refractivity contribution in [1.29, 1.82) is 0 Å². The maximum absolute atomic E-state index is 11.4. The van der Waals surface area contributed by atoms with Crippen molar-refractivity contribution in [2.75, 3.05) is 10.6 Å². The van der Waals surface area contributed by atoms with Gasteiger partial charge in [-0.3, -0.25) is 10.6 Å². The summed E-state index contributed by atoms with van der Waals surface area (Å²) < 4.78 is 0. The smallest absolute Gasteiger partial charge is 0.409 e. The van der Waals surface area contributed by atoms with Gasteiger partial charge in [-0.25, -0.2) is 9.59 Å². The number of nitrogens with one attached hydrogen (secondary N) is 4. The van der Waals surface area contributed by atoms with Crippen LogP contribution in [0.2, 0.25) is 0 Å². The van der Waals surface area contributed by atoms with Crippen molar-refractivity contribution >= 4 is 23.6 Å². The number of amides is 2. The highest BCUT2D eigenvalue weighted by Crippen LogP contribution is 2.57. The average molecular weight is 565 g/mol. The second-order valence-corrected chi connectivity index (χ2v) is 14.9. The molecule has 0 radical (unpaired) electrons. The fraction of sp³-hybridized carbons (Fsp3) is 0.576. The van der Waals surface area contributed by atoms with Gasteiger partial charge in [-0.2, -0.15) is 0 Å². The second kappa shape index (κ2) is 10.6. The van der Waals surface area contributed by atoms with Crippen LogP contribution in [0.5, 0.6) is 0 Å². The topological polar surface area (TPSA) is 123 Å². The van der Waals surface area contributed by atoms with E-state index in [1.54, 1.807) is 0 Å². The molecule has 2 aliphatic rings. The molecule has 2 aromatic carbocycles. The first kappa shape index (κ1) is 30.8. The fourth-order valence-corrected chi connectivity index (χ4v) is 8.64. The normalized spacial score (nSPS) is 22.0. The Balaban J connectivity index is 2.01. The van der Waals surface area contributed by atoms with Gasteiger partial charge in [0.2, 0.25) is 0 Å². The van der Waals surface area contributed by atoms with Crippen molar-refractivity contribution < 1.29 is 19.8 Å². The van der Waals surface area contributed by atoms with E-state index in [2.05, 4.69) is 101 Å². The molecule has 0 bridgehead atoms. The molecule has 8 nitrogen and oxygen atoms in total. The molecule has 2 aromatic rings. The van der Waals surface area contributed by atoms with Crippen LogP contribution in [-0.2, 0) is 5.41 Å². The number of hydrogen-bond acceptors (Lipinski definition) is 4. The second-order valence-electron chi connectivity index (χ2n) is 14.9. The van der Waals surface area contributed by atoms with E-state index in [9.17, 15) is 19.8 Å². The molecule has 2 amide bonds. The third-order valence-electron chi connectivity index (χ3n) is 8.90. The van der Waals surface area contributed by atoms with Gasteiger partial charge in [0.25, 0.3) is 0 Å². The Kier molecular flexibility index (Phi) is 8.00. The Morgan fingerprint density at radius 3 is 1.12 bits per heavy atom. The average Bonchev–Trinajstić information content (AvgIpc) is 2.77. The van der Waals surface area contributed by atoms with Crippen molar-refractivity contribution in [3.63, 3.8) is 0 Å². The molecule has 2 fully saturated rings. The van der Waals surface area contributed by atoms with Gasteiger partial charge < -0.3 is 20.8 Å². The van der Waals surface area contributed by atoms with Crippen LogP contribution >= 0.6 is 0 Å². The van der Waals surface area contributed by atoms with E-state index >= 15 is 0 Å². The van der Waals surface area contributed by atoms with Gasteiger partial charge >= 0.3 is 12.2 Å². The molecule has 2 aliphatic heterocycles. The SMILES string of the molecule is CC1(C)CC(C(c2ccc(NC(=O)O)cc2)(c2ccc(NC(=O)O)cc2)C2CC(C)(C)NC(C)(C)C2)CC(C)(C)N1. The van der Waals surface area contributed by atoms with E-state index in [1.807, 2.05) is 24.3 Å². The van der Waals surface area contributed by atoms with E-state index in [-0.39, 0.29) is 34.0 Å². The molecular formula is C33H48N4O4. The van der Waals surface area contributed by atoms with Crippen molar-refractivity contribution in [2.24, 2.45) is 11.8 Å². The molecule has 2 saturated heterocycles.